The summed E-state index contributed by atoms with van der Waals surface area (Å²) in [5.41, 5.74) is 1.30. The van der Waals surface area contributed by atoms with Crippen molar-refractivity contribution in [2.45, 2.75) is 40.5 Å². The number of hydrogen-bond acceptors (Lipinski definition) is 1. The number of nitrogens with zero attached hydrogens (tertiary/aromatic N) is 2. The van der Waals surface area contributed by atoms with Crippen molar-refractivity contribution < 1.29 is 0 Å². The molecule has 0 saturated carbocycles. The lowest BCUT2D eigenvalue weighted by Gasteiger charge is -2.01. The van der Waals surface area contributed by atoms with Crippen molar-refractivity contribution in [2.24, 2.45) is 15.9 Å². The molecule has 2 heteroatoms. The molecular weight excluding hydrogens is 160 g/mol. The summed E-state index contributed by atoms with van der Waals surface area (Å²) in [5, 5.41) is 0. The highest BCUT2D eigenvalue weighted by atomic mass is 14.9. The lowest BCUT2D eigenvalue weighted by Crippen LogP contribution is -2.02. The van der Waals surface area contributed by atoms with Crippen molar-refractivity contribution in [3.05, 3.63) is 11.8 Å². The number of hydrogen-bond donors (Lipinski definition) is 0. The van der Waals surface area contributed by atoms with E-state index in [1.54, 1.807) is 0 Å². The van der Waals surface area contributed by atoms with Crippen molar-refractivity contribution in [3.8, 4) is 0 Å². The molecule has 0 atom stereocenters. The van der Waals surface area contributed by atoms with Crippen molar-refractivity contribution in [3.63, 3.8) is 0 Å². The first-order valence-corrected chi connectivity index (χ1v) is 4.81. The summed E-state index contributed by atoms with van der Waals surface area (Å²) in [6.07, 6.45) is 4.16. The summed E-state index contributed by atoms with van der Waals surface area (Å²) in [5.74, 6) is 1.17. The quantitative estimate of drug-likeness (QED) is 0.467. The smallest absolute Gasteiger partial charge is 0.129 e. The van der Waals surface area contributed by atoms with Gasteiger partial charge in [-0.1, -0.05) is 32.8 Å². The maximum atomic E-state index is 4.29. The molecule has 0 aliphatic carbocycles. The molecule has 0 spiro atoms. The van der Waals surface area contributed by atoms with Crippen LogP contribution in [0.15, 0.2) is 21.8 Å². The lowest BCUT2D eigenvalue weighted by atomic mass is 10.2. The molecule has 0 radical (unpaired) electrons. The third kappa shape index (κ3) is 5.34. The molecule has 0 aromatic carbocycles. The largest absolute Gasteiger partial charge is 0.249 e. The second-order valence-electron chi connectivity index (χ2n) is 3.53. The minimum atomic E-state index is 0.350. The van der Waals surface area contributed by atoms with Gasteiger partial charge in [-0.05, 0) is 20.1 Å². The predicted molar refractivity (Wildman–Crippen MR) is 60.5 cm³/mol. The van der Waals surface area contributed by atoms with Gasteiger partial charge in [-0.15, -0.1) is 0 Å². The number of aliphatic imine (C=N–C) groups is 2. The molecule has 0 aliphatic rings. The van der Waals surface area contributed by atoms with E-state index < -0.39 is 0 Å². The van der Waals surface area contributed by atoms with Gasteiger partial charge in [-0.25, -0.2) is 9.98 Å². The van der Waals surface area contributed by atoms with Gasteiger partial charge < -0.3 is 0 Å². The van der Waals surface area contributed by atoms with Crippen LogP contribution in [0.5, 0.6) is 0 Å². The van der Waals surface area contributed by atoms with Gasteiger partial charge in [-0.3, -0.25) is 0 Å². The first kappa shape index (κ1) is 12.1. The number of amidine groups is 1. The number of rotatable bonds is 4. The average molecular weight is 180 g/mol. The molecule has 0 aliphatic heterocycles. The monoisotopic (exact) mass is 180 g/mol. The van der Waals surface area contributed by atoms with Gasteiger partial charge in [0.25, 0.3) is 0 Å². The molecular formula is C11H20N2. The second-order valence-corrected chi connectivity index (χ2v) is 3.53. The van der Waals surface area contributed by atoms with Gasteiger partial charge in [0.1, 0.15) is 5.84 Å². The van der Waals surface area contributed by atoms with E-state index in [2.05, 4.69) is 44.4 Å². The SMILES string of the molecule is C=N/C(=N\C=C(/C)CCC)C(C)C. The van der Waals surface area contributed by atoms with Crippen LogP contribution in [0.3, 0.4) is 0 Å². The highest BCUT2D eigenvalue weighted by Crippen LogP contribution is 2.05. The fourth-order valence-electron chi connectivity index (χ4n) is 1.01. The molecule has 0 amide bonds. The Hall–Kier alpha value is -0.920. The average Bonchev–Trinajstić information content (AvgIpc) is 2.05. The Morgan fingerprint density at radius 1 is 1.46 bits per heavy atom. The minimum absolute atomic E-state index is 0.350. The molecule has 0 rings (SSSR count). The van der Waals surface area contributed by atoms with Crippen LogP contribution in [0.25, 0.3) is 0 Å². The Balaban J connectivity index is 4.35. The van der Waals surface area contributed by atoms with E-state index in [0.717, 1.165) is 18.7 Å². The van der Waals surface area contributed by atoms with Gasteiger partial charge in [0, 0.05) is 12.1 Å². The lowest BCUT2D eigenvalue weighted by molar-refractivity contribution is 0.869. The summed E-state index contributed by atoms with van der Waals surface area (Å²) in [7, 11) is 0. The Morgan fingerprint density at radius 3 is 2.46 bits per heavy atom. The Kier molecular flexibility index (Phi) is 6.11. The van der Waals surface area contributed by atoms with Gasteiger partial charge in [0.2, 0.25) is 0 Å². The summed E-state index contributed by atoms with van der Waals surface area (Å²) in [6, 6.07) is 0. The van der Waals surface area contributed by atoms with Crippen molar-refractivity contribution >= 4 is 12.6 Å². The van der Waals surface area contributed by atoms with Crippen molar-refractivity contribution in [1.82, 2.24) is 0 Å². The Labute approximate surface area is 81.5 Å². The second kappa shape index (κ2) is 6.58. The van der Waals surface area contributed by atoms with E-state index in [1.165, 1.54) is 5.57 Å². The minimum Gasteiger partial charge on any atom is -0.249 e. The molecule has 2 nitrogen and oxygen atoms in total. The third-order valence-corrected chi connectivity index (χ3v) is 1.74. The van der Waals surface area contributed by atoms with E-state index in [9.17, 15) is 0 Å². The maximum Gasteiger partial charge on any atom is 0.129 e. The van der Waals surface area contributed by atoms with Crippen LogP contribution in [0.2, 0.25) is 0 Å². The molecule has 0 unspecified atom stereocenters. The van der Waals surface area contributed by atoms with E-state index in [1.807, 2.05) is 6.20 Å². The third-order valence-electron chi connectivity index (χ3n) is 1.74. The van der Waals surface area contributed by atoms with Crippen LogP contribution in [0.1, 0.15) is 40.5 Å². The van der Waals surface area contributed by atoms with Gasteiger partial charge in [0.05, 0.1) is 0 Å². The molecule has 0 aromatic rings. The van der Waals surface area contributed by atoms with E-state index in [0.29, 0.717) is 5.92 Å². The van der Waals surface area contributed by atoms with E-state index in [4.69, 9.17) is 0 Å². The first-order valence-electron chi connectivity index (χ1n) is 4.81. The van der Waals surface area contributed by atoms with E-state index in [-0.39, 0.29) is 0 Å². The zero-order chi connectivity index (χ0) is 10.3. The maximum absolute atomic E-state index is 4.29. The molecule has 0 heterocycles. The van der Waals surface area contributed by atoms with Gasteiger partial charge in [-0.2, -0.15) is 0 Å². The zero-order valence-electron chi connectivity index (χ0n) is 9.17. The van der Waals surface area contributed by atoms with Crippen LogP contribution in [-0.4, -0.2) is 12.6 Å². The van der Waals surface area contributed by atoms with Crippen LogP contribution in [-0.2, 0) is 0 Å². The summed E-state index contributed by atoms with van der Waals surface area (Å²) in [4.78, 5) is 8.16. The fourth-order valence-corrected chi connectivity index (χ4v) is 1.01. The van der Waals surface area contributed by atoms with Crippen molar-refractivity contribution in [1.29, 1.82) is 0 Å². The summed E-state index contributed by atoms with van der Waals surface area (Å²) >= 11 is 0. The fraction of sp³-hybridized carbons (Fsp3) is 0.636. The predicted octanol–water partition coefficient (Wildman–Crippen LogP) is 3.45. The highest BCUT2D eigenvalue weighted by Gasteiger charge is 1.99. The topological polar surface area (TPSA) is 24.7 Å². The van der Waals surface area contributed by atoms with Crippen LogP contribution in [0, 0.1) is 5.92 Å². The molecule has 0 aromatic heterocycles. The van der Waals surface area contributed by atoms with E-state index >= 15 is 0 Å². The molecule has 13 heavy (non-hydrogen) atoms. The Morgan fingerprint density at radius 2 is 2.08 bits per heavy atom. The van der Waals surface area contributed by atoms with Crippen molar-refractivity contribution in [2.75, 3.05) is 0 Å². The zero-order valence-corrected chi connectivity index (χ0v) is 9.17. The van der Waals surface area contributed by atoms with Crippen LogP contribution in [0.4, 0.5) is 0 Å². The Bertz CT molecular complexity index is 212. The standard InChI is InChI=1S/C11H20N2/c1-6-7-10(4)8-13-11(12-5)9(2)3/h8-9H,5-7H2,1-4H3/b10-8+,13-11-. The van der Waals surface area contributed by atoms with Crippen LogP contribution < -0.4 is 0 Å². The van der Waals surface area contributed by atoms with Gasteiger partial charge in [0.15, 0.2) is 0 Å². The molecule has 0 N–H and O–H groups in total. The van der Waals surface area contributed by atoms with Crippen LogP contribution >= 0.6 is 0 Å². The summed E-state index contributed by atoms with van der Waals surface area (Å²) in [6.45, 7) is 11.9. The summed E-state index contributed by atoms with van der Waals surface area (Å²) < 4.78 is 0. The number of allylic oxidation sites excluding steroid dienone is 1. The molecule has 0 fully saturated rings. The highest BCUT2D eigenvalue weighted by molar-refractivity contribution is 5.88. The first-order chi connectivity index (χ1) is 6.11. The molecule has 0 bridgehead atoms. The van der Waals surface area contributed by atoms with Gasteiger partial charge >= 0.3 is 0 Å². The molecule has 74 valence electrons. The normalized spacial score (nSPS) is 13.6. The molecule has 0 saturated heterocycles.